The number of nitrogens with zero attached hydrogens (tertiary/aromatic N) is 1. The molecular formula is C19H28BrClN2O. The van der Waals surface area contributed by atoms with Crippen LogP contribution in [0.4, 0.5) is 0 Å². The molecule has 0 atom stereocenters. The standard InChI is InChI=1S/C19H27BrN2O.ClH/c1-19(2,15-5-7-16(20)8-6-15)18(23)22-11-9-17(10-12-22)21-13-14-3-4-14;/h5-8,14,17,21H,3-4,9-13H2,1-2H3;1H. The summed E-state index contributed by atoms with van der Waals surface area (Å²) in [7, 11) is 0. The van der Waals surface area contributed by atoms with Crippen molar-refractivity contribution >= 4 is 34.2 Å². The van der Waals surface area contributed by atoms with Crippen LogP contribution in [0, 0.1) is 5.92 Å². The van der Waals surface area contributed by atoms with Gasteiger partial charge in [-0.05, 0) is 69.7 Å². The highest BCUT2D eigenvalue weighted by Crippen LogP contribution is 2.30. The minimum Gasteiger partial charge on any atom is -0.342 e. The van der Waals surface area contributed by atoms with E-state index in [1.807, 2.05) is 38.1 Å². The summed E-state index contributed by atoms with van der Waals surface area (Å²) in [5.74, 6) is 1.17. The van der Waals surface area contributed by atoms with Crippen molar-refractivity contribution in [3.63, 3.8) is 0 Å². The number of carbonyl (C=O) groups excluding carboxylic acids is 1. The number of amides is 1. The fourth-order valence-corrected chi connectivity index (χ4v) is 3.59. The summed E-state index contributed by atoms with van der Waals surface area (Å²) in [6.45, 7) is 7.00. The van der Waals surface area contributed by atoms with E-state index >= 15 is 0 Å². The van der Waals surface area contributed by atoms with Crippen molar-refractivity contribution in [3.8, 4) is 0 Å². The van der Waals surface area contributed by atoms with Gasteiger partial charge in [0.05, 0.1) is 5.41 Å². The zero-order chi connectivity index (χ0) is 16.4. The SMILES string of the molecule is CC(C)(C(=O)N1CCC(NCC2CC2)CC1)c1ccc(Br)cc1.Cl. The number of carbonyl (C=O) groups is 1. The average molecular weight is 416 g/mol. The van der Waals surface area contributed by atoms with Crippen LogP contribution >= 0.6 is 28.3 Å². The minimum atomic E-state index is -0.463. The number of piperidine rings is 1. The lowest BCUT2D eigenvalue weighted by Gasteiger charge is -2.37. The molecule has 1 aliphatic heterocycles. The second-order valence-electron chi connectivity index (χ2n) is 7.55. The molecule has 1 aliphatic carbocycles. The quantitative estimate of drug-likeness (QED) is 0.784. The van der Waals surface area contributed by atoms with Crippen LogP contribution in [-0.2, 0) is 10.2 Å². The van der Waals surface area contributed by atoms with Gasteiger partial charge in [0.1, 0.15) is 0 Å². The van der Waals surface area contributed by atoms with Crippen LogP contribution in [0.1, 0.15) is 45.1 Å². The molecule has 1 aromatic rings. The predicted octanol–water partition coefficient (Wildman–Crippen LogP) is 4.14. The van der Waals surface area contributed by atoms with Crippen LogP contribution in [0.5, 0.6) is 0 Å². The van der Waals surface area contributed by atoms with E-state index in [9.17, 15) is 4.79 Å². The smallest absolute Gasteiger partial charge is 0.232 e. The monoisotopic (exact) mass is 414 g/mol. The molecule has 1 saturated heterocycles. The van der Waals surface area contributed by atoms with E-state index < -0.39 is 5.41 Å². The first-order valence-electron chi connectivity index (χ1n) is 8.75. The normalized spacial score (nSPS) is 19.0. The van der Waals surface area contributed by atoms with E-state index in [4.69, 9.17) is 0 Å². The number of likely N-dealkylation sites (tertiary alicyclic amines) is 1. The maximum absolute atomic E-state index is 13.0. The van der Waals surface area contributed by atoms with E-state index in [-0.39, 0.29) is 18.3 Å². The van der Waals surface area contributed by atoms with Crippen LogP contribution in [0.3, 0.4) is 0 Å². The number of benzene rings is 1. The second kappa shape index (κ2) is 8.20. The summed E-state index contributed by atoms with van der Waals surface area (Å²) in [5, 5.41) is 3.68. The summed E-state index contributed by atoms with van der Waals surface area (Å²) in [5.41, 5.74) is 0.620. The van der Waals surface area contributed by atoms with Crippen molar-refractivity contribution in [2.24, 2.45) is 5.92 Å². The Balaban J connectivity index is 0.00000208. The molecule has 1 heterocycles. The zero-order valence-corrected chi connectivity index (χ0v) is 17.0. The van der Waals surface area contributed by atoms with Gasteiger partial charge in [-0.3, -0.25) is 4.79 Å². The lowest BCUT2D eigenvalue weighted by Crippen LogP contribution is -2.50. The molecule has 0 radical (unpaired) electrons. The molecule has 0 aromatic heterocycles. The summed E-state index contributed by atoms with van der Waals surface area (Å²) in [6, 6.07) is 8.71. The molecule has 1 aromatic carbocycles. The molecule has 134 valence electrons. The lowest BCUT2D eigenvalue weighted by molar-refractivity contribution is -0.137. The Kier molecular flexibility index (Phi) is 6.74. The third-order valence-corrected chi connectivity index (χ3v) is 5.80. The van der Waals surface area contributed by atoms with Crippen LogP contribution in [-0.4, -0.2) is 36.5 Å². The highest BCUT2D eigenvalue weighted by Gasteiger charge is 2.35. The maximum atomic E-state index is 13.0. The van der Waals surface area contributed by atoms with Crippen molar-refractivity contribution in [3.05, 3.63) is 34.3 Å². The molecule has 5 heteroatoms. The summed E-state index contributed by atoms with van der Waals surface area (Å²) >= 11 is 3.46. The third-order valence-electron chi connectivity index (χ3n) is 5.27. The molecule has 2 aliphatic rings. The van der Waals surface area contributed by atoms with Gasteiger partial charge >= 0.3 is 0 Å². The summed E-state index contributed by atoms with van der Waals surface area (Å²) in [4.78, 5) is 15.0. The van der Waals surface area contributed by atoms with Gasteiger partial charge < -0.3 is 10.2 Å². The largest absolute Gasteiger partial charge is 0.342 e. The van der Waals surface area contributed by atoms with E-state index in [0.717, 1.165) is 41.9 Å². The van der Waals surface area contributed by atoms with Crippen molar-refractivity contribution in [1.82, 2.24) is 10.2 Å². The minimum absolute atomic E-state index is 0. The fourth-order valence-electron chi connectivity index (χ4n) is 3.33. The van der Waals surface area contributed by atoms with Crippen molar-refractivity contribution in [2.75, 3.05) is 19.6 Å². The molecule has 0 spiro atoms. The fraction of sp³-hybridized carbons (Fsp3) is 0.632. The van der Waals surface area contributed by atoms with Gasteiger partial charge in [0, 0.05) is 23.6 Å². The molecule has 1 saturated carbocycles. The molecule has 1 amide bonds. The van der Waals surface area contributed by atoms with Gasteiger partial charge in [-0.15, -0.1) is 12.4 Å². The van der Waals surface area contributed by atoms with Gasteiger partial charge in [-0.2, -0.15) is 0 Å². The van der Waals surface area contributed by atoms with Crippen LogP contribution in [0.25, 0.3) is 0 Å². The van der Waals surface area contributed by atoms with Gasteiger partial charge in [0.2, 0.25) is 5.91 Å². The predicted molar refractivity (Wildman–Crippen MR) is 105 cm³/mol. The lowest BCUT2D eigenvalue weighted by atomic mass is 9.82. The van der Waals surface area contributed by atoms with Crippen LogP contribution in [0.2, 0.25) is 0 Å². The first-order chi connectivity index (χ1) is 11.0. The molecule has 0 unspecified atom stereocenters. The van der Waals surface area contributed by atoms with Gasteiger partial charge in [0.15, 0.2) is 0 Å². The molecule has 24 heavy (non-hydrogen) atoms. The van der Waals surface area contributed by atoms with E-state index in [1.165, 1.54) is 19.4 Å². The molecule has 0 bridgehead atoms. The second-order valence-corrected chi connectivity index (χ2v) is 8.47. The van der Waals surface area contributed by atoms with Crippen LogP contribution < -0.4 is 5.32 Å². The van der Waals surface area contributed by atoms with Crippen LogP contribution in [0.15, 0.2) is 28.7 Å². The van der Waals surface area contributed by atoms with Crippen molar-refractivity contribution in [1.29, 1.82) is 0 Å². The summed E-state index contributed by atoms with van der Waals surface area (Å²) in [6.07, 6.45) is 4.95. The Morgan fingerprint density at radius 3 is 2.29 bits per heavy atom. The number of nitrogens with one attached hydrogen (secondary N) is 1. The Hall–Kier alpha value is -0.580. The molecule has 1 N–H and O–H groups in total. The number of hydrogen-bond donors (Lipinski definition) is 1. The summed E-state index contributed by atoms with van der Waals surface area (Å²) < 4.78 is 1.05. The Morgan fingerprint density at radius 1 is 1.17 bits per heavy atom. The molecule has 2 fully saturated rings. The first kappa shape index (κ1) is 19.7. The topological polar surface area (TPSA) is 32.3 Å². The molecular weight excluding hydrogens is 388 g/mol. The Labute approximate surface area is 160 Å². The average Bonchev–Trinajstić information content (AvgIpc) is 3.37. The van der Waals surface area contributed by atoms with E-state index in [2.05, 4.69) is 26.1 Å². The van der Waals surface area contributed by atoms with Gasteiger partial charge in [0.25, 0.3) is 0 Å². The molecule has 3 nitrogen and oxygen atoms in total. The number of halogens is 2. The van der Waals surface area contributed by atoms with Crippen molar-refractivity contribution in [2.45, 2.75) is 51.0 Å². The van der Waals surface area contributed by atoms with Gasteiger partial charge in [-0.1, -0.05) is 28.1 Å². The third kappa shape index (κ3) is 4.74. The highest BCUT2D eigenvalue weighted by molar-refractivity contribution is 9.10. The maximum Gasteiger partial charge on any atom is 0.232 e. The number of rotatable bonds is 5. The first-order valence-corrected chi connectivity index (χ1v) is 9.55. The number of hydrogen-bond acceptors (Lipinski definition) is 2. The van der Waals surface area contributed by atoms with Crippen molar-refractivity contribution < 1.29 is 4.79 Å². The van der Waals surface area contributed by atoms with Gasteiger partial charge in [-0.25, -0.2) is 0 Å². The highest BCUT2D eigenvalue weighted by atomic mass is 79.9. The Morgan fingerprint density at radius 2 is 1.75 bits per heavy atom. The van der Waals surface area contributed by atoms with E-state index in [0.29, 0.717) is 6.04 Å². The molecule has 3 rings (SSSR count). The van der Waals surface area contributed by atoms with E-state index in [1.54, 1.807) is 0 Å². The Bertz CT molecular complexity index is 549. The zero-order valence-electron chi connectivity index (χ0n) is 14.6.